The van der Waals surface area contributed by atoms with Crippen LogP contribution in [0.3, 0.4) is 0 Å². The largest absolute Gasteiger partial charge is 0.370 e. The molecule has 0 atom stereocenters. The van der Waals surface area contributed by atoms with Gasteiger partial charge in [0.15, 0.2) is 0 Å². The SMILES string of the molecule is O=[N+]([O-])c1ccc(-n2nc(-c3ccc(F)cc3F)c3c2NCCCC3)cc1. The van der Waals surface area contributed by atoms with Gasteiger partial charge in [-0.2, -0.15) is 5.10 Å². The summed E-state index contributed by atoms with van der Waals surface area (Å²) >= 11 is 0. The minimum atomic E-state index is -0.671. The number of nitrogens with one attached hydrogen (secondary N) is 1. The molecule has 0 amide bonds. The Bertz CT molecular complexity index is 1020. The zero-order valence-electron chi connectivity index (χ0n) is 14.3. The fourth-order valence-corrected chi connectivity index (χ4v) is 3.30. The van der Waals surface area contributed by atoms with Gasteiger partial charge in [-0.05, 0) is 43.5 Å². The van der Waals surface area contributed by atoms with Gasteiger partial charge in [0.05, 0.1) is 10.6 Å². The second-order valence-corrected chi connectivity index (χ2v) is 6.37. The van der Waals surface area contributed by atoms with Gasteiger partial charge in [0.1, 0.15) is 23.1 Å². The lowest BCUT2D eigenvalue weighted by atomic mass is 10.0. The van der Waals surface area contributed by atoms with Gasteiger partial charge in [-0.15, -0.1) is 0 Å². The molecule has 138 valence electrons. The van der Waals surface area contributed by atoms with Crippen LogP contribution in [0.25, 0.3) is 16.9 Å². The van der Waals surface area contributed by atoms with E-state index in [0.717, 1.165) is 36.8 Å². The molecule has 0 unspecified atom stereocenters. The highest BCUT2D eigenvalue weighted by Crippen LogP contribution is 2.35. The molecule has 4 rings (SSSR count). The van der Waals surface area contributed by atoms with Crippen molar-refractivity contribution in [2.75, 3.05) is 11.9 Å². The summed E-state index contributed by atoms with van der Waals surface area (Å²) in [6.45, 7) is 0.747. The van der Waals surface area contributed by atoms with Crippen molar-refractivity contribution < 1.29 is 13.7 Å². The van der Waals surface area contributed by atoms with Crippen LogP contribution in [0.2, 0.25) is 0 Å². The number of fused-ring (bicyclic) bond motifs is 1. The van der Waals surface area contributed by atoms with E-state index in [-0.39, 0.29) is 11.3 Å². The van der Waals surface area contributed by atoms with Gasteiger partial charge in [0, 0.05) is 35.9 Å². The van der Waals surface area contributed by atoms with E-state index in [1.54, 1.807) is 16.8 Å². The summed E-state index contributed by atoms with van der Waals surface area (Å²) in [5.41, 5.74) is 2.15. The predicted octanol–water partition coefficient (Wildman–Crippen LogP) is 4.47. The topological polar surface area (TPSA) is 73.0 Å². The predicted molar refractivity (Wildman–Crippen MR) is 97.0 cm³/mol. The fourth-order valence-electron chi connectivity index (χ4n) is 3.30. The third kappa shape index (κ3) is 3.14. The lowest BCUT2D eigenvalue weighted by molar-refractivity contribution is -0.384. The molecular formula is C19H16F2N4O2. The third-order valence-electron chi connectivity index (χ3n) is 4.62. The van der Waals surface area contributed by atoms with E-state index in [1.807, 2.05) is 0 Å². The fraction of sp³-hybridized carbons (Fsp3) is 0.211. The Hall–Kier alpha value is -3.29. The van der Waals surface area contributed by atoms with Gasteiger partial charge in [0.2, 0.25) is 0 Å². The van der Waals surface area contributed by atoms with E-state index in [4.69, 9.17) is 0 Å². The molecule has 0 saturated carbocycles. The summed E-state index contributed by atoms with van der Waals surface area (Å²) in [6, 6.07) is 9.44. The maximum absolute atomic E-state index is 14.4. The van der Waals surface area contributed by atoms with E-state index < -0.39 is 16.6 Å². The van der Waals surface area contributed by atoms with Gasteiger partial charge in [-0.3, -0.25) is 10.1 Å². The van der Waals surface area contributed by atoms with Gasteiger partial charge >= 0.3 is 0 Å². The van der Waals surface area contributed by atoms with Crippen LogP contribution in [0.15, 0.2) is 42.5 Å². The molecule has 6 nitrogen and oxygen atoms in total. The summed E-state index contributed by atoms with van der Waals surface area (Å²) in [4.78, 5) is 10.4. The maximum Gasteiger partial charge on any atom is 0.269 e. The Kier molecular flexibility index (Phi) is 4.31. The quantitative estimate of drug-likeness (QED) is 0.545. The van der Waals surface area contributed by atoms with Crippen LogP contribution in [0.4, 0.5) is 20.3 Å². The number of non-ortho nitro benzene ring substituents is 1. The van der Waals surface area contributed by atoms with Gasteiger partial charge in [-0.1, -0.05) is 0 Å². The van der Waals surface area contributed by atoms with Gasteiger partial charge < -0.3 is 5.32 Å². The van der Waals surface area contributed by atoms with Crippen molar-refractivity contribution in [1.29, 1.82) is 0 Å². The smallest absolute Gasteiger partial charge is 0.269 e. The zero-order valence-corrected chi connectivity index (χ0v) is 14.3. The highest BCUT2D eigenvalue weighted by molar-refractivity contribution is 5.71. The summed E-state index contributed by atoms with van der Waals surface area (Å²) in [5.74, 6) is -0.578. The number of hydrogen-bond acceptors (Lipinski definition) is 4. The average Bonchev–Trinajstić information content (AvgIpc) is 2.83. The van der Waals surface area contributed by atoms with Crippen LogP contribution < -0.4 is 5.32 Å². The van der Waals surface area contributed by atoms with Crippen LogP contribution >= 0.6 is 0 Å². The van der Waals surface area contributed by atoms with Crippen LogP contribution in [0.1, 0.15) is 18.4 Å². The Morgan fingerprint density at radius 1 is 1.11 bits per heavy atom. The van der Waals surface area contributed by atoms with Crippen molar-refractivity contribution in [3.05, 3.63) is 69.8 Å². The standard InChI is InChI=1S/C19H16F2N4O2/c20-12-4-9-15(17(21)11-12)18-16-3-1-2-10-22-19(16)24(23-18)13-5-7-14(8-6-13)25(26)27/h4-9,11,22H,1-3,10H2. The number of rotatable bonds is 3. The molecule has 1 aliphatic rings. The van der Waals surface area contributed by atoms with Crippen molar-refractivity contribution in [2.45, 2.75) is 19.3 Å². The van der Waals surface area contributed by atoms with Crippen molar-refractivity contribution in [2.24, 2.45) is 0 Å². The number of hydrogen-bond donors (Lipinski definition) is 1. The molecule has 0 spiro atoms. The Balaban J connectivity index is 1.87. The van der Waals surface area contributed by atoms with Crippen molar-refractivity contribution in [3.8, 4) is 16.9 Å². The number of benzene rings is 2. The van der Waals surface area contributed by atoms with Crippen molar-refractivity contribution >= 4 is 11.5 Å². The second-order valence-electron chi connectivity index (χ2n) is 6.37. The number of aromatic nitrogens is 2. The van der Waals surface area contributed by atoms with E-state index in [1.165, 1.54) is 24.3 Å². The van der Waals surface area contributed by atoms with E-state index in [0.29, 0.717) is 17.8 Å². The van der Waals surface area contributed by atoms with Gasteiger partial charge in [0.25, 0.3) is 5.69 Å². The molecule has 1 N–H and O–H groups in total. The summed E-state index contributed by atoms with van der Waals surface area (Å²) in [7, 11) is 0. The number of anilines is 1. The lowest BCUT2D eigenvalue weighted by Gasteiger charge is -2.09. The average molecular weight is 370 g/mol. The second kappa shape index (κ2) is 6.79. The third-order valence-corrected chi connectivity index (χ3v) is 4.62. The lowest BCUT2D eigenvalue weighted by Crippen LogP contribution is -2.07. The van der Waals surface area contributed by atoms with Crippen LogP contribution in [0, 0.1) is 21.7 Å². The number of halogens is 2. The minimum Gasteiger partial charge on any atom is -0.370 e. The molecule has 2 heterocycles. The van der Waals surface area contributed by atoms with Gasteiger partial charge in [-0.25, -0.2) is 13.5 Å². The van der Waals surface area contributed by atoms with Crippen molar-refractivity contribution in [3.63, 3.8) is 0 Å². The van der Waals surface area contributed by atoms with E-state index in [2.05, 4.69) is 10.4 Å². The monoisotopic (exact) mass is 370 g/mol. The molecule has 0 saturated heterocycles. The van der Waals surface area contributed by atoms with E-state index in [9.17, 15) is 18.9 Å². The summed E-state index contributed by atoms with van der Waals surface area (Å²) < 4.78 is 29.3. The zero-order chi connectivity index (χ0) is 19.0. The molecule has 0 bridgehead atoms. The first-order valence-corrected chi connectivity index (χ1v) is 8.60. The first-order valence-electron chi connectivity index (χ1n) is 8.60. The number of nitrogens with zero attached hydrogens (tertiary/aromatic N) is 3. The Morgan fingerprint density at radius 2 is 1.89 bits per heavy atom. The molecule has 1 aliphatic heterocycles. The summed E-state index contributed by atoms with van der Waals surface area (Å²) in [6.07, 6.45) is 2.59. The van der Waals surface area contributed by atoms with Crippen molar-refractivity contribution in [1.82, 2.24) is 9.78 Å². The molecule has 27 heavy (non-hydrogen) atoms. The molecule has 8 heteroatoms. The Morgan fingerprint density at radius 3 is 2.59 bits per heavy atom. The molecule has 0 aliphatic carbocycles. The number of nitro groups is 1. The van der Waals surface area contributed by atoms with Crippen LogP contribution in [-0.4, -0.2) is 21.2 Å². The minimum absolute atomic E-state index is 0.0187. The molecular weight excluding hydrogens is 354 g/mol. The maximum atomic E-state index is 14.4. The highest BCUT2D eigenvalue weighted by Gasteiger charge is 2.23. The Labute approximate surface area is 153 Å². The normalized spacial score (nSPS) is 13.6. The molecule has 2 aromatic carbocycles. The first-order chi connectivity index (χ1) is 13.0. The highest BCUT2D eigenvalue weighted by atomic mass is 19.1. The number of nitro benzene ring substituents is 1. The molecule has 0 fully saturated rings. The van der Waals surface area contributed by atoms with E-state index >= 15 is 0 Å². The molecule has 0 radical (unpaired) electrons. The molecule has 1 aromatic heterocycles. The first kappa shape index (κ1) is 17.1. The van der Waals surface area contributed by atoms with Crippen LogP contribution in [-0.2, 0) is 6.42 Å². The summed E-state index contributed by atoms with van der Waals surface area (Å²) in [5, 5.41) is 18.8. The van der Waals surface area contributed by atoms with Crippen LogP contribution in [0.5, 0.6) is 0 Å². The molecule has 3 aromatic rings.